The van der Waals surface area contributed by atoms with Crippen LogP contribution in [0.5, 0.6) is 0 Å². The summed E-state index contributed by atoms with van der Waals surface area (Å²) < 4.78 is 37.7. The highest BCUT2D eigenvalue weighted by atomic mass is 19.4. The summed E-state index contributed by atoms with van der Waals surface area (Å²) in [7, 11) is 1.54. The van der Waals surface area contributed by atoms with E-state index in [0.29, 0.717) is 0 Å². The molecule has 0 unspecified atom stereocenters. The maximum absolute atomic E-state index is 12.6. The van der Waals surface area contributed by atoms with Gasteiger partial charge in [-0.1, -0.05) is 0 Å². The van der Waals surface area contributed by atoms with Gasteiger partial charge in [-0.25, -0.2) is 0 Å². The molecule has 1 aromatic carbocycles. The van der Waals surface area contributed by atoms with Crippen molar-refractivity contribution in [3.05, 3.63) is 29.3 Å². The van der Waals surface area contributed by atoms with Crippen LogP contribution in [-0.4, -0.2) is 25.3 Å². The van der Waals surface area contributed by atoms with E-state index < -0.39 is 23.4 Å². The van der Waals surface area contributed by atoms with Gasteiger partial charge in [0.15, 0.2) is 5.78 Å². The Morgan fingerprint density at radius 3 is 2.37 bits per heavy atom. The molecule has 19 heavy (non-hydrogen) atoms. The third-order valence-electron chi connectivity index (χ3n) is 2.30. The van der Waals surface area contributed by atoms with Crippen LogP contribution < -0.4 is 10.6 Å². The second-order valence-electron chi connectivity index (χ2n) is 3.89. The third-order valence-corrected chi connectivity index (χ3v) is 2.30. The van der Waals surface area contributed by atoms with E-state index >= 15 is 0 Å². The first-order valence-electron chi connectivity index (χ1n) is 5.42. The van der Waals surface area contributed by atoms with Gasteiger partial charge < -0.3 is 10.6 Å². The molecule has 0 saturated carbocycles. The van der Waals surface area contributed by atoms with E-state index in [1.54, 1.807) is 7.05 Å². The van der Waals surface area contributed by atoms with Crippen molar-refractivity contribution >= 4 is 17.4 Å². The molecule has 0 aromatic heterocycles. The van der Waals surface area contributed by atoms with E-state index in [9.17, 15) is 22.8 Å². The first kappa shape index (κ1) is 15.2. The van der Waals surface area contributed by atoms with Gasteiger partial charge >= 0.3 is 6.18 Å². The quantitative estimate of drug-likeness (QED) is 0.826. The molecular formula is C12H13F3N2O2. The van der Waals surface area contributed by atoms with Gasteiger partial charge in [0, 0.05) is 12.5 Å². The van der Waals surface area contributed by atoms with Gasteiger partial charge in [-0.3, -0.25) is 9.59 Å². The first-order chi connectivity index (χ1) is 8.75. The number of likely N-dealkylation sites (N-methyl/N-ethyl adjacent to an activating group) is 1. The minimum absolute atomic E-state index is 0.0298. The summed E-state index contributed by atoms with van der Waals surface area (Å²) in [6.45, 7) is 1.13. The summed E-state index contributed by atoms with van der Waals surface area (Å²) in [6.07, 6.45) is -4.53. The van der Waals surface area contributed by atoms with Crippen molar-refractivity contribution in [3.63, 3.8) is 0 Å². The van der Waals surface area contributed by atoms with Crippen LogP contribution in [0.1, 0.15) is 22.8 Å². The molecule has 0 bridgehead atoms. The minimum atomic E-state index is -4.53. The van der Waals surface area contributed by atoms with Crippen molar-refractivity contribution in [2.24, 2.45) is 0 Å². The molecule has 0 fully saturated rings. The molecule has 1 amide bonds. The number of halogens is 3. The zero-order chi connectivity index (χ0) is 14.6. The number of carbonyl (C=O) groups is 2. The van der Waals surface area contributed by atoms with Crippen LogP contribution in [0.15, 0.2) is 18.2 Å². The van der Waals surface area contributed by atoms with E-state index in [0.717, 1.165) is 25.1 Å². The topological polar surface area (TPSA) is 58.2 Å². The smallest absolute Gasteiger partial charge is 0.326 e. The molecule has 0 spiro atoms. The largest absolute Gasteiger partial charge is 0.416 e. The fourth-order valence-corrected chi connectivity index (χ4v) is 1.51. The average molecular weight is 274 g/mol. The predicted molar refractivity (Wildman–Crippen MR) is 64.0 cm³/mol. The van der Waals surface area contributed by atoms with Crippen molar-refractivity contribution in [2.75, 3.05) is 18.9 Å². The number of amides is 1. The second-order valence-corrected chi connectivity index (χ2v) is 3.89. The normalized spacial score (nSPS) is 11.2. The number of anilines is 1. The van der Waals surface area contributed by atoms with Crippen molar-refractivity contribution in [1.29, 1.82) is 0 Å². The van der Waals surface area contributed by atoms with Gasteiger partial charge in [0.25, 0.3) is 0 Å². The summed E-state index contributed by atoms with van der Waals surface area (Å²) in [4.78, 5) is 22.7. The van der Waals surface area contributed by atoms with Gasteiger partial charge in [-0.15, -0.1) is 0 Å². The zero-order valence-corrected chi connectivity index (χ0v) is 10.4. The highest BCUT2D eigenvalue weighted by Crippen LogP contribution is 2.32. The molecule has 1 aromatic rings. The number of hydrogen-bond acceptors (Lipinski definition) is 3. The Kier molecular flexibility index (Phi) is 4.66. The van der Waals surface area contributed by atoms with E-state index in [4.69, 9.17) is 0 Å². The summed E-state index contributed by atoms with van der Waals surface area (Å²) >= 11 is 0. The molecule has 4 nitrogen and oxygen atoms in total. The Morgan fingerprint density at radius 2 is 1.89 bits per heavy atom. The molecule has 0 aliphatic rings. The predicted octanol–water partition coefficient (Wildman–Crippen LogP) is 2.07. The maximum Gasteiger partial charge on any atom is 0.416 e. The number of Topliss-reactive ketones (excluding diaryl/α,β-unsaturated/α-hetero) is 1. The molecule has 0 aliphatic carbocycles. The zero-order valence-electron chi connectivity index (χ0n) is 10.4. The van der Waals surface area contributed by atoms with Gasteiger partial charge in [0.2, 0.25) is 5.91 Å². The van der Waals surface area contributed by atoms with Gasteiger partial charge in [-0.05, 0) is 25.2 Å². The van der Waals surface area contributed by atoms with E-state index in [1.165, 1.54) is 0 Å². The maximum atomic E-state index is 12.6. The van der Waals surface area contributed by atoms with Gasteiger partial charge in [0.1, 0.15) is 0 Å². The second kappa shape index (κ2) is 5.83. The number of benzene rings is 1. The monoisotopic (exact) mass is 274 g/mol. The summed E-state index contributed by atoms with van der Waals surface area (Å²) in [6, 6.07) is 2.63. The van der Waals surface area contributed by atoms with E-state index in [-0.39, 0.29) is 17.8 Å². The average Bonchev–Trinajstić information content (AvgIpc) is 2.27. The summed E-state index contributed by atoms with van der Waals surface area (Å²) in [5, 5.41) is 4.84. The van der Waals surface area contributed by atoms with E-state index in [2.05, 4.69) is 10.6 Å². The molecule has 2 N–H and O–H groups in total. The summed E-state index contributed by atoms with van der Waals surface area (Å²) in [5.74, 6) is -0.946. The molecule has 0 saturated heterocycles. The third kappa shape index (κ3) is 4.06. The highest BCUT2D eigenvalue weighted by Gasteiger charge is 2.31. The number of rotatable bonds is 4. The molecule has 0 heterocycles. The standard InChI is InChI=1S/C12H13F3N2O2/c1-7(18)17-10-5-8(12(13,14)15)3-4-9(10)11(19)6-16-2/h3-5,16H,6H2,1-2H3,(H,17,18). The number of hydrogen-bond donors (Lipinski definition) is 2. The lowest BCUT2D eigenvalue weighted by Crippen LogP contribution is -2.21. The Morgan fingerprint density at radius 1 is 1.26 bits per heavy atom. The molecule has 7 heteroatoms. The van der Waals surface area contributed by atoms with E-state index in [1.807, 2.05) is 0 Å². The Hall–Kier alpha value is -1.89. The molecule has 104 valence electrons. The lowest BCUT2D eigenvalue weighted by molar-refractivity contribution is -0.137. The highest BCUT2D eigenvalue weighted by molar-refractivity contribution is 6.05. The van der Waals surface area contributed by atoms with Crippen molar-refractivity contribution in [1.82, 2.24) is 5.32 Å². The fraction of sp³-hybridized carbons (Fsp3) is 0.333. The lowest BCUT2D eigenvalue weighted by atomic mass is 10.0. The van der Waals surface area contributed by atoms with Crippen LogP contribution in [0, 0.1) is 0 Å². The summed E-state index contributed by atoms with van der Waals surface area (Å²) in [5.41, 5.74) is -1.02. The van der Waals surface area contributed by atoms with Crippen molar-refractivity contribution in [3.8, 4) is 0 Å². The Balaban J connectivity index is 3.24. The molecular weight excluding hydrogens is 261 g/mol. The van der Waals surface area contributed by atoms with Crippen LogP contribution in [0.2, 0.25) is 0 Å². The molecule has 0 radical (unpaired) electrons. The van der Waals surface area contributed by atoms with Crippen molar-refractivity contribution < 1.29 is 22.8 Å². The van der Waals surface area contributed by atoms with Gasteiger partial charge in [0.05, 0.1) is 17.8 Å². The SMILES string of the molecule is CNCC(=O)c1ccc(C(F)(F)F)cc1NC(C)=O. The fourth-order valence-electron chi connectivity index (χ4n) is 1.51. The van der Waals surface area contributed by atoms with Crippen LogP contribution in [-0.2, 0) is 11.0 Å². The number of ketones is 1. The Labute approximate surface area is 108 Å². The molecule has 0 atom stereocenters. The lowest BCUT2D eigenvalue weighted by Gasteiger charge is -2.13. The number of nitrogens with one attached hydrogen (secondary N) is 2. The first-order valence-corrected chi connectivity index (χ1v) is 5.42. The van der Waals surface area contributed by atoms with Crippen LogP contribution in [0.25, 0.3) is 0 Å². The number of alkyl halides is 3. The molecule has 1 rings (SSSR count). The van der Waals surface area contributed by atoms with Gasteiger partial charge in [-0.2, -0.15) is 13.2 Å². The van der Waals surface area contributed by atoms with Crippen molar-refractivity contribution in [2.45, 2.75) is 13.1 Å². The van der Waals surface area contributed by atoms with Crippen LogP contribution >= 0.6 is 0 Å². The minimum Gasteiger partial charge on any atom is -0.326 e. The van der Waals surface area contributed by atoms with Crippen LogP contribution in [0.4, 0.5) is 18.9 Å². The Bertz CT molecular complexity index is 498. The molecule has 0 aliphatic heterocycles. The van der Waals surface area contributed by atoms with Crippen LogP contribution in [0.3, 0.4) is 0 Å². The number of carbonyl (C=O) groups excluding carboxylic acids is 2.